The van der Waals surface area contributed by atoms with Crippen LogP contribution in [0.5, 0.6) is 5.75 Å². The van der Waals surface area contributed by atoms with Crippen molar-refractivity contribution in [3.05, 3.63) is 11.0 Å². The summed E-state index contributed by atoms with van der Waals surface area (Å²) in [5.41, 5.74) is 0.880. The fourth-order valence-corrected chi connectivity index (χ4v) is 2.47. The van der Waals surface area contributed by atoms with E-state index in [0.29, 0.717) is 13.2 Å². The molecule has 0 aliphatic carbocycles. The summed E-state index contributed by atoms with van der Waals surface area (Å²) in [7, 11) is 0. The molecule has 0 radical (unpaired) electrons. The van der Waals surface area contributed by atoms with Crippen molar-refractivity contribution in [2.45, 2.75) is 19.4 Å². The van der Waals surface area contributed by atoms with Gasteiger partial charge in [-0.25, -0.2) is 4.98 Å². The van der Waals surface area contributed by atoms with E-state index in [-0.39, 0.29) is 11.3 Å². The predicted molar refractivity (Wildman–Crippen MR) is 63.9 cm³/mol. The molecule has 92 valence electrons. The molecule has 1 saturated heterocycles. The van der Waals surface area contributed by atoms with Crippen LogP contribution in [0.15, 0.2) is 0 Å². The van der Waals surface area contributed by atoms with Crippen LogP contribution in [0, 0.1) is 0 Å². The van der Waals surface area contributed by atoms with E-state index >= 15 is 0 Å². The van der Waals surface area contributed by atoms with E-state index in [2.05, 4.69) is 14.9 Å². The van der Waals surface area contributed by atoms with Gasteiger partial charge in [-0.3, -0.25) is 0 Å². The molecule has 0 spiro atoms. The third-order valence-electron chi connectivity index (χ3n) is 3.15. The summed E-state index contributed by atoms with van der Waals surface area (Å²) in [6.07, 6.45) is 0.791. The Hall–Kier alpha value is -1.07. The SMILES string of the molecule is CCc1nc(Cl)nc2c1OCC1COCCN21. The molecule has 3 heterocycles. The normalized spacial score (nSPS) is 22.7. The van der Waals surface area contributed by atoms with Crippen molar-refractivity contribution in [1.82, 2.24) is 9.97 Å². The van der Waals surface area contributed by atoms with Crippen molar-refractivity contribution in [2.75, 3.05) is 31.3 Å². The molecule has 1 aromatic rings. The molecule has 17 heavy (non-hydrogen) atoms. The molecule has 1 unspecified atom stereocenters. The summed E-state index contributed by atoms with van der Waals surface area (Å²) < 4.78 is 11.2. The zero-order chi connectivity index (χ0) is 11.8. The van der Waals surface area contributed by atoms with Gasteiger partial charge in [-0.15, -0.1) is 0 Å². The number of morpholine rings is 1. The summed E-state index contributed by atoms with van der Waals surface area (Å²) in [5.74, 6) is 1.61. The lowest BCUT2D eigenvalue weighted by atomic mass is 10.1. The quantitative estimate of drug-likeness (QED) is 0.708. The van der Waals surface area contributed by atoms with Crippen LogP contribution in [0.25, 0.3) is 0 Å². The van der Waals surface area contributed by atoms with E-state index in [4.69, 9.17) is 21.1 Å². The minimum Gasteiger partial charge on any atom is -0.486 e. The second-order valence-electron chi connectivity index (χ2n) is 4.18. The lowest BCUT2D eigenvalue weighted by Gasteiger charge is -2.40. The highest BCUT2D eigenvalue weighted by atomic mass is 35.5. The number of hydrogen-bond donors (Lipinski definition) is 0. The first kappa shape index (κ1) is 11.0. The average Bonchev–Trinajstić information content (AvgIpc) is 2.37. The Balaban J connectivity index is 2.06. The molecular formula is C11H14ClN3O2. The maximum absolute atomic E-state index is 5.96. The zero-order valence-electron chi connectivity index (χ0n) is 9.65. The lowest BCUT2D eigenvalue weighted by Crippen LogP contribution is -2.51. The molecule has 2 aliphatic heterocycles. The number of aryl methyl sites for hydroxylation is 1. The van der Waals surface area contributed by atoms with E-state index in [0.717, 1.165) is 36.8 Å². The van der Waals surface area contributed by atoms with Gasteiger partial charge in [-0.1, -0.05) is 6.92 Å². The number of ether oxygens (including phenoxy) is 2. The molecule has 1 aromatic heterocycles. The Bertz CT molecular complexity index is 441. The third kappa shape index (κ3) is 1.83. The number of nitrogens with zero attached hydrogens (tertiary/aromatic N) is 3. The van der Waals surface area contributed by atoms with Crippen LogP contribution in [0.3, 0.4) is 0 Å². The number of halogens is 1. The van der Waals surface area contributed by atoms with E-state index in [1.165, 1.54) is 0 Å². The highest BCUT2D eigenvalue weighted by molar-refractivity contribution is 6.28. The van der Waals surface area contributed by atoms with Gasteiger partial charge in [0, 0.05) is 6.54 Å². The van der Waals surface area contributed by atoms with Crippen molar-refractivity contribution in [1.29, 1.82) is 0 Å². The first-order valence-electron chi connectivity index (χ1n) is 5.83. The van der Waals surface area contributed by atoms with Crippen molar-refractivity contribution in [2.24, 2.45) is 0 Å². The van der Waals surface area contributed by atoms with Crippen LogP contribution in [-0.2, 0) is 11.2 Å². The highest BCUT2D eigenvalue weighted by Gasteiger charge is 2.33. The first-order chi connectivity index (χ1) is 8.29. The first-order valence-corrected chi connectivity index (χ1v) is 6.21. The predicted octanol–water partition coefficient (Wildman–Crippen LogP) is 1.29. The van der Waals surface area contributed by atoms with Gasteiger partial charge in [0.1, 0.15) is 6.61 Å². The standard InChI is InChI=1S/C11H14ClN3O2/c1-2-8-9-10(14-11(12)13-8)15-3-4-16-5-7(15)6-17-9/h7H,2-6H2,1H3. The summed E-state index contributed by atoms with van der Waals surface area (Å²) in [6, 6.07) is 0.243. The molecule has 0 bridgehead atoms. The Morgan fingerprint density at radius 1 is 1.41 bits per heavy atom. The molecule has 2 aliphatic rings. The van der Waals surface area contributed by atoms with Crippen LogP contribution >= 0.6 is 11.6 Å². The van der Waals surface area contributed by atoms with Gasteiger partial charge in [0.15, 0.2) is 11.6 Å². The lowest BCUT2D eigenvalue weighted by molar-refractivity contribution is 0.0693. The second kappa shape index (κ2) is 4.31. The van der Waals surface area contributed by atoms with E-state index < -0.39 is 0 Å². The number of rotatable bonds is 1. The number of fused-ring (bicyclic) bond motifs is 3. The van der Waals surface area contributed by atoms with Gasteiger partial charge in [0.05, 0.1) is 24.9 Å². The fraction of sp³-hybridized carbons (Fsp3) is 0.636. The number of hydrogen-bond acceptors (Lipinski definition) is 5. The van der Waals surface area contributed by atoms with Crippen molar-refractivity contribution >= 4 is 17.4 Å². The van der Waals surface area contributed by atoms with Gasteiger partial charge in [0.2, 0.25) is 5.28 Å². The monoisotopic (exact) mass is 255 g/mol. The molecule has 5 nitrogen and oxygen atoms in total. The van der Waals surface area contributed by atoms with Gasteiger partial charge >= 0.3 is 0 Å². The summed E-state index contributed by atoms with van der Waals surface area (Å²) in [4.78, 5) is 10.7. The molecule has 0 N–H and O–H groups in total. The molecule has 0 amide bonds. The van der Waals surface area contributed by atoms with E-state index in [1.807, 2.05) is 6.92 Å². The van der Waals surface area contributed by atoms with Crippen LogP contribution in [0.4, 0.5) is 5.82 Å². The van der Waals surface area contributed by atoms with Crippen LogP contribution in [0.2, 0.25) is 5.28 Å². The maximum atomic E-state index is 5.96. The van der Waals surface area contributed by atoms with Crippen molar-refractivity contribution in [3.8, 4) is 5.75 Å². The van der Waals surface area contributed by atoms with Crippen LogP contribution in [-0.4, -0.2) is 42.4 Å². The Morgan fingerprint density at radius 2 is 2.29 bits per heavy atom. The second-order valence-corrected chi connectivity index (χ2v) is 4.52. The van der Waals surface area contributed by atoms with Crippen LogP contribution < -0.4 is 9.64 Å². The van der Waals surface area contributed by atoms with E-state index in [1.54, 1.807) is 0 Å². The van der Waals surface area contributed by atoms with Gasteiger partial charge < -0.3 is 14.4 Å². The fourth-order valence-electron chi connectivity index (χ4n) is 2.29. The number of aromatic nitrogens is 2. The molecule has 3 rings (SSSR count). The summed E-state index contributed by atoms with van der Waals surface area (Å²) in [6.45, 7) is 4.90. The minimum atomic E-state index is 0.243. The smallest absolute Gasteiger partial charge is 0.224 e. The molecule has 1 atom stereocenters. The highest BCUT2D eigenvalue weighted by Crippen LogP contribution is 2.36. The van der Waals surface area contributed by atoms with Crippen molar-refractivity contribution < 1.29 is 9.47 Å². The third-order valence-corrected chi connectivity index (χ3v) is 3.31. The molecule has 1 fully saturated rings. The molecule has 0 saturated carbocycles. The topological polar surface area (TPSA) is 47.5 Å². The van der Waals surface area contributed by atoms with E-state index in [9.17, 15) is 0 Å². The molecular weight excluding hydrogens is 242 g/mol. The molecule has 0 aromatic carbocycles. The maximum Gasteiger partial charge on any atom is 0.224 e. The Morgan fingerprint density at radius 3 is 3.12 bits per heavy atom. The summed E-state index contributed by atoms with van der Waals surface area (Å²) >= 11 is 5.96. The van der Waals surface area contributed by atoms with Crippen molar-refractivity contribution in [3.63, 3.8) is 0 Å². The zero-order valence-corrected chi connectivity index (χ0v) is 10.4. The minimum absolute atomic E-state index is 0.243. The van der Waals surface area contributed by atoms with Crippen LogP contribution in [0.1, 0.15) is 12.6 Å². The average molecular weight is 256 g/mol. The number of anilines is 1. The Kier molecular flexibility index (Phi) is 2.80. The molecule has 6 heteroatoms. The van der Waals surface area contributed by atoms with Gasteiger partial charge in [-0.2, -0.15) is 4.98 Å². The largest absolute Gasteiger partial charge is 0.486 e. The van der Waals surface area contributed by atoms with Gasteiger partial charge in [-0.05, 0) is 18.0 Å². The summed E-state index contributed by atoms with van der Waals surface area (Å²) in [5, 5.41) is 0.288. The Labute approximate surface area is 105 Å². The van der Waals surface area contributed by atoms with Gasteiger partial charge in [0.25, 0.3) is 0 Å².